The maximum Gasteiger partial charge on any atom is 0.0808 e. The Morgan fingerprint density at radius 2 is 1.55 bits per heavy atom. The van der Waals surface area contributed by atoms with E-state index in [1.165, 1.54) is 44.9 Å². The summed E-state index contributed by atoms with van der Waals surface area (Å²) in [6.07, 6.45) is 10.8. The second-order valence-corrected chi connectivity index (χ2v) is 5.81. The van der Waals surface area contributed by atoms with Gasteiger partial charge in [0.25, 0.3) is 0 Å². The number of unbranched alkanes of at least 4 members (excludes halogenated alkanes) is 7. The minimum absolute atomic E-state index is 0.385. The SMILES string of the molecule is CCCCCCCCCCC(O)c1cc(C)nnc1C. The van der Waals surface area contributed by atoms with E-state index in [0.29, 0.717) is 0 Å². The van der Waals surface area contributed by atoms with Crippen molar-refractivity contribution in [3.8, 4) is 0 Å². The highest BCUT2D eigenvalue weighted by molar-refractivity contribution is 5.22. The molecule has 3 nitrogen and oxygen atoms in total. The first kappa shape index (κ1) is 17.1. The van der Waals surface area contributed by atoms with Crippen molar-refractivity contribution in [1.29, 1.82) is 0 Å². The van der Waals surface area contributed by atoms with E-state index in [0.717, 1.165) is 29.8 Å². The molecule has 1 atom stereocenters. The summed E-state index contributed by atoms with van der Waals surface area (Å²) in [6.45, 7) is 6.08. The van der Waals surface area contributed by atoms with Gasteiger partial charge in [0.05, 0.1) is 17.5 Å². The standard InChI is InChI=1S/C17H30N2O/c1-4-5-6-7-8-9-10-11-12-17(20)16-13-14(2)18-19-15(16)3/h13,17,20H,4-12H2,1-3H3. The van der Waals surface area contributed by atoms with Gasteiger partial charge in [0.2, 0.25) is 0 Å². The van der Waals surface area contributed by atoms with Crippen LogP contribution in [0.1, 0.15) is 87.8 Å². The fourth-order valence-electron chi connectivity index (χ4n) is 2.53. The van der Waals surface area contributed by atoms with E-state index in [2.05, 4.69) is 17.1 Å². The molecule has 0 spiro atoms. The van der Waals surface area contributed by atoms with E-state index in [4.69, 9.17) is 0 Å². The van der Waals surface area contributed by atoms with Crippen molar-refractivity contribution in [2.45, 2.75) is 84.7 Å². The molecular weight excluding hydrogens is 248 g/mol. The molecule has 0 radical (unpaired) electrons. The quantitative estimate of drug-likeness (QED) is 0.633. The van der Waals surface area contributed by atoms with E-state index in [9.17, 15) is 5.11 Å². The number of aliphatic hydroxyl groups excluding tert-OH is 1. The lowest BCUT2D eigenvalue weighted by atomic mass is 10.0. The Labute approximate surface area is 123 Å². The zero-order valence-electron chi connectivity index (χ0n) is 13.4. The van der Waals surface area contributed by atoms with E-state index in [1.54, 1.807) is 0 Å². The largest absolute Gasteiger partial charge is 0.388 e. The zero-order chi connectivity index (χ0) is 14.8. The molecule has 3 heteroatoms. The molecule has 0 fully saturated rings. The van der Waals surface area contributed by atoms with Gasteiger partial charge in [-0.15, -0.1) is 0 Å². The van der Waals surface area contributed by atoms with Crippen molar-refractivity contribution in [2.75, 3.05) is 0 Å². The number of rotatable bonds is 10. The Morgan fingerprint density at radius 1 is 0.950 bits per heavy atom. The van der Waals surface area contributed by atoms with Crippen molar-refractivity contribution >= 4 is 0 Å². The van der Waals surface area contributed by atoms with E-state index < -0.39 is 0 Å². The lowest BCUT2D eigenvalue weighted by molar-refractivity contribution is 0.162. The Hall–Kier alpha value is -0.960. The number of hydrogen-bond donors (Lipinski definition) is 1. The smallest absolute Gasteiger partial charge is 0.0808 e. The monoisotopic (exact) mass is 278 g/mol. The van der Waals surface area contributed by atoms with Crippen molar-refractivity contribution in [2.24, 2.45) is 0 Å². The Bertz CT molecular complexity index is 379. The van der Waals surface area contributed by atoms with E-state index in [1.807, 2.05) is 19.9 Å². The lowest BCUT2D eigenvalue weighted by Gasteiger charge is -2.13. The van der Waals surface area contributed by atoms with Crippen LogP contribution in [0.4, 0.5) is 0 Å². The first-order valence-electron chi connectivity index (χ1n) is 8.14. The minimum Gasteiger partial charge on any atom is -0.388 e. The van der Waals surface area contributed by atoms with Gasteiger partial charge in [0.15, 0.2) is 0 Å². The highest BCUT2D eigenvalue weighted by Gasteiger charge is 2.11. The number of aliphatic hydroxyl groups is 1. The summed E-state index contributed by atoms with van der Waals surface area (Å²) in [6, 6.07) is 1.96. The summed E-state index contributed by atoms with van der Waals surface area (Å²) in [5.74, 6) is 0. The van der Waals surface area contributed by atoms with Crippen LogP contribution in [0.5, 0.6) is 0 Å². The first-order valence-corrected chi connectivity index (χ1v) is 8.14. The van der Waals surface area contributed by atoms with E-state index >= 15 is 0 Å². The number of aromatic nitrogens is 2. The third-order valence-corrected chi connectivity index (χ3v) is 3.83. The Kier molecular flexibility index (Phi) is 8.43. The molecule has 1 aromatic rings. The van der Waals surface area contributed by atoms with Crippen molar-refractivity contribution in [3.63, 3.8) is 0 Å². The number of nitrogens with zero attached hydrogens (tertiary/aromatic N) is 2. The average Bonchev–Trinajstić information content (AvgIpc) is 2.44. The lowest BCUT2D eigenvalue weighted by Crippen LogP contribution is -2.04. The molecule has 114 valence electrons. The average molecular weight is 278 g/mol. The number of aryl methyl sites for hydroxylation is 2. The molecule has 1 unspecified atom stereocenters. The van der Waals surface area contributed by atoms with Gasteiger partial charge in [-0.2, -0.15) is 10.2 Å². The van der Waals surface area contributed by atoms with Crippen LogP contribution in [0.2, 0.25) is 0 Å². The van der Waals surface area contributed by atoms with Crippen molar-refractivity contribution in [3.05, 3.63) is 23.0 Å². The van der Waals surface area contributed by atoms with Gasteiger partial charge in [0.1, 0.15) is 0 Å². The maximum absolute atomic E-state index is 10.2. The molecule has 0 bridgehead atoms. The van der Waals surface area contributed by atoms with Crippen LogP contribution >= 0.6 is 0 Å². The molecule has 0 saturated carbocycles. The zero-order valence-corrected chi connectivity index (χ0v) is 13.4. The molecular formula is C17H30N2O. The highest BCUT2D eigenvalue weighted by atomic mass is 16.3. The van der Waals surface area contributed by atoms with Gasteiger partial charge in [-0.05, 0) is 26.3 Å². The van der Waals surface area contributed by atoms with Gasteiger partial charge < -0.3 is 5.11 Å². The molecule has 1 heterocycles. The predicted octanol–water partition coefficient (Wildman–Crippen LogP) is 4.66. The normalized spacial score (nSPS) is 12.6. The van der Waals surface area contributed by atoms with Crippen LogP contribution in [0.25, 0.3) is 0 Å². The van der Waals surface area contributed by atoms with Crippen LogP contribution < -0.4 is 0 Å². The van der Waals surface area contributed by atoms with Gasteiger partial charge >= 0.3 is 0 Å². The van der Waals surface area contributed by atoms with Crippen molar-refractivity contribution in [1.82, 2.24) is 10.2 Å². The molecule has 0 aliphatic carbocycles. The van der Waals surface area contributed by atoms with Gasteiger partial charge in [-0.1, -0.05) is 58.3 Å². The Balaban J connectivity index is 2.17. The fraction of sp³-hybridized carbons (Fsp3) is 0.765. The first-order chi connectivity index (χ1) is 9.65. The van der Waals surface area contributed by atoms with Gasteiger partial charge in [-0.25, -0.2) is 0 Å². The topological polar surface area (TPSA) is 46.0 Å². The van der Waals surface area contributed by atoms with Gasteiger partial charge in [-0.3, -0.25) is 0 Å². The van der Waals surface area contributed by atoms with Crippen molar-refractivity contribution < 1.29 is 5.11 Å². The predicted molar refractivity (Wildman–Crippen MR) is 83.7 cm³/mol. The minimum atomic E-state index is -0.385. The highest BCUT2D eigenvalue weighted by Crippen LogP contribution is 2.22. The van der Waals surface area contributed by atoms with Crippen LogP contribution in [0.3, 0.4) is 0 Å². The molecule has 20 heavy (non-hydrogen) atoms. The molecule has 1 N–H and O–H groups in total. The maximum atomic E-state index is 10.2. The molecule has 0 saturated heterocycles. The number of hydrogen-bond acceptors (Lipinski definition) is 3. The summed E-state index contributed by atoms with van der Waals surface area (Å²) in [7, 11) is 0. The van der Waals surface area contributed by atoms with Gasteiger partial charge in [0, 0.05) is 5.56 Å². The van der Waals surface area contributed by atoms with E-state index in [-0.39, 0.29) is 6.10 Å². The van der Waals surface area contributed by atoms with Crippen LogP contribution in [-0.2, 0) is 0 Å². The molecule has 0 aliphatic rings. The summed E-state index contributed by atoms with van der Waals surface area (Å²) in [4.78, 5) is 0. The molecule has 1 aromatic heterocycles. The van der Waals surface area contributed by atoms with Crippen LogP contribution in [0, 0.1) is 13.8 Å². The second kappa shape index (κ2) is 9.87. The summed E-state index contributed by atoms with van der Waals surface area (Å²) in [5.41, 5.74) is 2.67. The summed E-state index contributed by atoms with van der Waals surface area (Å²) >= 11 is 0. The van der Waals surface area contributed by atoms with Crippen LogP contribution in [-0.4, -0.2) is 15.3 Å². The fourth-order valence-corrected chi connectivity index (χ4v) is 2.53. The molecule has 0 aromatic carbocycles. The molecule has 1 rings (SSSR count). The molecule has 0 aliphatic heterocycles. The third-order valence-electron chi connectivity index (χ3n) is 3.83. The summed E-state index contributed by atoms with van der Waals surface area (Å²) in [5, 5.41) is 18.3. The third kappa shape index (κ3) is 6.47. The second-order valence-electron chi connectivity index (χ2n) is 5.81. The molecule has 0 amide bonds. The summed E-state index contributed by atoms with van der Waals surface area (Å²) < 4.78 is 0. The Morgan fingerprint density at radius 3 is 2.20 bits per heavy atom. The van der Waals surface area contributed by atoms with Crippen LogP contribution in [0.15, 0.2) is 6.07 Å².